The number of hydrogen-bond acceptors (Lipinski definition) is 5. The smallest absolute Gasteiger partial charge is 0.241 e. The summed E-state index contributed by atoms with van der Waals surface area (Å²) < 4.78 is 11.2. The standard InChI is InChI=1S/C15H17N3O3/c1-18(2)14(19)9-17-15-11-8-13-12(20-5-6-21-13)7-10(11)3-4-16-15/h3-4,7-8H,5-6,9H2,1-2H3,(H,16,17). The van der Waals surface area contributed by atoms with Crippen LogP contribution in [0.3, 0.4) is 0 Å². The van der Waals surface area contributed by atoms with Gasteiger partial charge in [-0.05, 0) is 23.6 Å². The van der Waals surface area contributed by atoms with E-state index >= 15 is 0 Å². The first kappa shape index (κ1) is 13.5. The molecule has 6 nitrogen and oxygen atoms in total. The summed E-state index contributed by atoms with van der Waals surface area (Å²) >= 11 is 0. The number of nitrogens with one attached hydrogen (secondary N) is 1. The van der Waals surface area contributed by atoms with Gasteiger partial charge in [-0.2, -0.15) is 0 Å². The Morgan fingerprint density at radius 1 is 1.29 bits per heavy atom. The molecule has 0 atom stereocenters. The summed E-state index contributed by atoms with van der Waals surface area (Å²) in [5, 5.41) is 4.98. The molecule has 0 saturated carbocycles. The number of nitrogens with zero attached hydrogens (tertiary/aromatic N) is 2. The normalized spacial score (nSPS) is 13.0. The third-order valence-electron chi connectivity index (χ3n) is 3.33. The average molecular weight is 287 g/mol. The van der Waals surface area contributed by atoms with Crippen molar-refractivity contribution in [1.82, 2.24) is 9.88 Å². The van der Waals surface area contributed by atoms with E-state index in [1.807, 2.05) is 18.2 Å². The number of likely N-dealkylation sites (N-methyl/N-ethyl adjacent to an activating group) is 1. The van der Waals surface area contributed by atoms with Crippen molar-refractivity contribution in [2.75, 3.05) is 39.2 Å². The summed E-state index contributed by atoms with van der Waals surface area (Å²) in [4.78, 5) is 17.5. The largest absolute Gasteiger partial charge is 0.486 e. The van der Waals surface area contributed by atoms with Crippen LogP contribution in [0, 0.1) is 0 Å². The van der Waals surface area contributed by atoms with Gasteiger partial charge < -0.3 is 19.7 Å². The molecule has 0 saturated heterocycles. The predicted molar refractivity (Wildman–Crippen MR) is 79.9 cm³/mol. The maximum atomic E-state index is 11.7. The number of carbonyl (C=O) groups is 1. The van der Waals surface area contributed by atoms with E-state index in [2.05, 4.69) is 10.3 Å². The lowest BCUT2D eigenvalue weighted by Gasteiger charge is -2.19. The van der Waals surface area contributed by atoms with E-state index in [0.29, 0.717) is 24.8 Å². The van der Waals surface area contributed by atoms with Crippen LogP contribution in [-0.4, -0.2) is 49.6 Å². The number of benzene rings is 1. The Balaban J connectivity index is 1.93. The van der Waals surface area contributed by atoms with Crippen molar-refractivity contribution < 1.29 is 14.3 Å². The molecule has 2 aromatic rings. The highest BCUT2D eigenvalue weighted by Crippen LogP contribution is 2.36. The van der Waals surface area contributed by atoms with E-state index in [4.69, 9.17) is 9.47 Å². The van der Waals surface area contributed by atoms with E-state index in [1.165, 1.54) is 4.90 Å². The third kappa shape index (κ3) is 2.69. The van der Waals surface area contributed by atoms with Crippen LogP contribution in [0.1, 0.15) is 0 Å². The van der Waals surface area contributed by atoms with Crippen molar-refractivity contribution in [3.63, 3.8) is 0 Å². The highest BCUT2D eigenvalue weighted by molar-refractivity contribution is 5.95. The first-order valence-corrected chi connectivity index (χ1v) is 6.77. The van der Waals surface area contributed by atoms with Crippen LogP contribution in [0.5, 0.6) is 11.5 Å². The van der Waals surface area contributed by atoms with Crippen molar-refractivity contribution in [2.45, 2.75) is 0 Å². The lowest BCUT2D eigenvalue weighted by Crippen LogP contribution is -2.28. The summed E-state index contributed by atoms with van der Waals surface area (Å²) in [7, 11) is 3.45. The highest BCUT2D eigenvalue weighted by Gasteiger charge is 2.15. The third-order valence-corrected chi connectivity index (χ3v) is 3.33. The predicted octanol–water partition coefficient (Wildman–Crippen LogP) is 1.51. The van der Waals surface area contributed by atoms with Gasteiger partial charge in [0.25, 0.3) is 0 Å². The molecule has 2 heterocycles. The molecule has 0 radical (unpaired) electrons. The van der Waals surface area contributed by atoms with E-state index < -0.39 is 0 Å². The Hall–Kier alpha value is -2.50. The van der Waals surface area contributed by atoms with Crippen LogP contribution in [0.2, 0.25) is 0 Å². The molecule has 0 fully saturated rings. The molecule has 110 valence electrons. The van der Waals surface area contributed by atoms with E-state index in [-0.39, 0.29) is 12.5 Å². The number of aromatic nitrogens is 1. The Bertz CT molecular complexity index is 685. The topological polar surface area (TPSA) is 63.7 Å². The summed E-state index contributed by atoms with van der Waals surface area (Å²) in [6.45, 7) is 1.31. The number of carbonyl (C=O) groups excluding carboxylic acids is 1. The van der Waals surface area contributed by atoms with Gasteiger partial charge in [-0.3, -0.25) is 4.79 Å². The van der Waals surface area contributed by atoms with Crippen LogP contribution < -0.4 is 14.8 Å². The minimum Gasteiger partial charge on any atom is -0.486 e. The van der Waals surface area contributed by atoms with Crippen molar-refractivity contribution in [1.29, 1.82) is 0 Å². The number of pyridine rings is 1. The van der Waals surface area contributed by atoms with Gasteiger partial charge in [-0.15, -0.1) is 0 Å². The second-order valence-corrected chi connectivity index (χ2v) is 5.02. The van der Waals surface area contributed by atoms with Gasteiger partial charge in [0.1, 0.15) is 19.0 Å². The van der Waals surface area contributed by atoms with Crippen molar-refractivity contribution in [2.24, 2.45) is 0 Å². The van der Waals surface area contributed by atoms with Crippen LogP contribution in [0.15, 0.2) is 24.4 Å². The minimum absolute atomic E-state index is 0.00801. The molecule has 0 aliphatic carbocycles. The molecule has 1 aromatic carbocycles. The lowest BCUT2D eigenvalue weighted by atomic mass is 10.1. The van der Waals surface area contributed by atoms with Gasteiger partial charge in [0.2, 0.25) is 5.91 Å². The molecule has 1 amide bonds. The quantitative estimate of drug-likeness (QED) is 0.927. The Morgan fingerprint density at radius 2 is 2.00 bits per heavy atom. The highest BCUT2D eigenvalue weighted by atomic mass is 16.6. The minimum atomic E-state index is -0.00801. The molecule has 0 unspecified atom stereocenters. The van der Waals surface area contributed by atoms with Gasteiger partial charge in [0.15, 0.2) is 11.5 Å². The molecule has 3 rings (SSSR count). The maximum Gasteiger partial charge on any atom is 0.241 e. The zero-order valence-corrected chi connectivity index (χ0v) is 12.0. The SMILES string of the molecule is CN(C)C(=O)CNc1nccc2cc3c(cc12)OCCO3. The van der Waals surface area contributed by atoms with Crippen molar-refractivity contribution in [3.8, 4) is 11.5 Å². The monoisotopic (exact) mass is 287 g/mol. The average Bonchev–Trinajstić information content (AvgIpc) is 2.50. The Labute approximate surface area is 122 Å². The zero-order chi connectivity index (χ0) is 14.8. The van der Waals surface area contributed by atoms with Crippen molar-refractivity contribution in [3.05, 3.63) is 24.4 Å². The maximum absolute atomic E-state index is 11.7. The van der Waals surface area contributed by atoms with Crippen LogP contribution in [-0.2, 0) is 4.79 Å². The van der Waals surface area contributed by atoms with Gasteiger partial charge in [0.05, 0.1) is 6.54 Å². The summed E-state index contributed by atoms with van der Waals surface area (Å²) in [5.41, 5.74) is 0. The van der Waals surface area contributed by atoms with Crippen LogP contribution >= 0.6 is 0 Å². The second-order valence-electron chi connectivity index (χ2n) is 5.02. The fourth-order valence-corrected chi connectivity index (χ4v) is 2.17. The molecule has 21 heavy (non-hydrogen) atoms. The van der Waals surface area contributed by atoms with Crippen LogP contribution in [0.25, 0.3) is 10.8 Å². The number of amides is 1. The molecule has 6 heteroatoms. The zero-order valence-electron chi connectivity index (χ0n) is 12.0. The second kappa shape index (κ2) is 5.47. The summed E-state index contributed by atoms with van der Waals surface area (Å²) in [6.07, 6.45) is 1.71. The first-order valence-electron chi connectivity index (χ1n) is 6.77. The van der Waals surface area contributed by atoms with E-state index in [1.54, 1.807) is 20.3 Å². The van der Waals surface area contributed by atoms with Gasteiger partial charge in [-0.1, -0.05) is 0 Å². The molecular weight excluding hydrogens is 270 g/mol. The first-order chi connectivity index (χ1) is 10.1. The van der Waals surface area contributed by atoms with E-state index in [9.17, 15) is 4.79 Å². The van der Waals surface area contributed by atoms with E-state index in [0.717, 1.165) is 16.5 Å². The Morgan fingerprint density at radius 3 is 2.71 bits per heavy atom. The number of rotatable bonds is 3. The fourth-order valence-electron chi connectivity index (χ4n) is 2.17. The van der Waals surface area contributed by atoms with Crippen LogP contribution in [0.4, 0.5) is 5.82 Å². The molecule has 1 aliphatic heterocycles. The van der Waals surface area contributed by atoms with Crippen molar-refractivity contribution >= 4 is 22.5 Å². The number of ether oxygens (including phenoxy) is 2. The number of fused-ring (bicyclic) bond motifs is 2. The molecule has 1 aliphatic rings. The molecule has 1 aromatic heterocycles. The van der Waals surface area contributed by atoms with Gasteiger partial charge >= 0.3 is 0 Å². The molecular formula is C15H17N3O3. The Kier molecular flexibility index (Phi) is 3.51. The molecule has 1 N–H and O–H groups in total. The fraction of sp³-hybridized carbons (Fsp3) is 0.333. The lowest BCUT2D eigenvalue weighted by molar-refractivity contribution is -0.126. The number of anilines is 1. The summed E-state index contributed by atoms with van der Waals surface area (Å²) in [5.74, 6) is 2.12. The van der Waals surface area contributed by atoms with Gasteiger partial charge in [0, 0.05) is 25.7 Å². The number of hydrogen-bond donors (Lipinski definition) is 1. The molecule has 0 spiro atoms. The van der Waals surface area contributed by atoms with Gasteiger partial charge in [-0.25, -0.2) is 4.98 Å². The summed E-state index contributed by atoms with van der Waals surface area (Å²) in [6, 6.07) is 5.75. The molecule has 0 bridgehead atoms.